The van der Waals surface area contributed by atoms with Crippen molar-refractivity contribution in [1.82, 2.24) is 25.1 Å². The van der Waals surface area contributed by atoms with Gasteiger partial charge in [0.25, 0.3) is 0 Å². The molecule has 1 amide bonds. The molecule has 0 aliphatic rings. The molecule has 3 aromatic rings. The summed E-state index contributed by atoms with van der Waals surface area (Å²) >= 11 is 6.11. The zero-order valence-electron chi connectivity index (χ0n) is 14.4. The number of nitrogens with one attached hydrogen (secondary N) is 3. The van der Waals surface area contributed by atoms with Gasteiger partial charge in [-0.3, -0.25) is 9.48 Å². The van der Waals surface area contributed by atoms with Gasteiger partial charge in [0.2, 0.25) is 11.9 Å². The van der Waals surface area contributed by atoms with Gasteiger partial charge in [-0.1, -0.05) is 29.8 Å². The number of hydrogen-bond acceptors (Lipinski definition) is 6. The highest BCUT2D eigenvalue weighted by atomic mass is 35.5. The van der Waals surface area contributed by atoms with Gasteiger partial charge in [0.1, 0.15) is 17.4 Å². The molecule has 0 aliphatic carbocycles. The first-order valence-corrected chi connectivity index (χ1v) is 8.43. The Balaban J connectivity index is 1.68. The zero-order chi connectivity index (χ0) is 19.2. The maximum Gasteiger partial charge on any atom is 0.241 e. The van der Waals surface area contributed by atoms with E-state index in [1.807, 2.05) is 0 Å². The van der Waals surface area contributed by atoms with Crippen molar-refractivity contribution in [3.8, 4) is 0 Å². The fourth-order valence-electron chi connectivity index (χ4n) is 2.24. The summed E-state index contributed by atoms with van der Waals surface area (Å²) in [4.78, 5) is 19.8. The third-order valence-corrected chi connectivity index (χ3v) is 3.90. The van der Waals surface area contributed by atoms with E-state index in [1.54, 1.807) is 37.6 Å². The van der Waals surface area contributed by atoms with Crippen LogP contribution in [0.5, 0.6) is 0 Å². The lowest BCUT2D eigenvalue weighted by molar-refractivity contribution is -0.121. The minimum absolute atomic E-state index is 0.106. The Morgan fingerprint density at radius 1 is 1.30 bits per heavy atom. The van der Waals surface area contributed by atoms with Gasteiger partial charge in [-0.05, 0) is 6.07 Å². The molecule has 27 heavy (non-hydrogen) atoms. The summed E-state index contributed by atoms with van der Waals surface area (Å²) in [7, 11) is 1.56. The number of hydrogen-bond donors (Lipinski definition) is 3. The molecule has 0 fully saturated rings. The van der Waals surface area contributed by atoms with Crippen LogP contribution < -0.4 is 16.0 Å². The third kappa shape index (κ3) is 4.91. The first kappa shape index (κ1) is 18.6. The molecule has 2 heterocycles. The highest BCUT2D eigenvalue weighted by Gasteiger charge is 2.09. The number of rotatable bonds is 7. The quantitative estimate of drug-likeness (QED) is 0.574. The van der Waals surface area contributed by atoms with Crippen LogP contribution in [0.1, 0.15) is 5.56 Å². The van der Waals surface area contributed by atoms with Crippen molar-refractivity contribution in [3.63, 3.8) is 0 Å². The highest BCUT2D eigenvalue weighted by molar-refractivity contribution is 6.32. The smallest absolute Gasteiger partial charge is 0.241 e. The van der Waals surface area contributed by atoms with Gasteiger partial charge in [-0.2, -0.15) is 10.1 Å². The Bertz CT molecular complexity index is 947. The Labute approximate surface area is 159 Å². The van der Waals surface area contributed by atoms with E-state index in [4.69, 9.17) is 11.6 Å². The summed E-state index contributed by atoms with van der Waals surface area (Å²) in [6.07, 6.45) is 4.64. The monoisotopic (exact) mass is 389 g/mol. The molecule has 0 saturated carbocycles. The van der Waals surface area contributed by atoms with E-state index in [0.717, 1.165) is 0 Å². The van der Waals surface area contributed by atoms with Crippen molar-refractivity contribution in [2.45, 2.75) is 13.1 Å². The van der Waals surface area contributed by atoms with Gasteiger partial charge in [0.15, 0.2) is 5.82 Å². The Hall–Kier alpha value is -3.20. The molecule has 3 rings (SSSR count). The summed E-state index contributed by atoms with van der Waals surface area (Å²) in [6.45, 7) is 0.335. The van der Waals surface area contributed by atoms with Crippen molar-refractivity contribution in [2.75, 3.05) is 17.7 Å². The maximum atomic E-state index is 13.7. The van der Waals surface area contributed by atoms with Gasteiger partial charge in [-0.15, -0.1) is 0 Å². The average molecular weight is 390 g/mol. The molecule has 0 saturated heterocycles. The highest BCUT2D eigenvalue weighted by Crippen LogP contribution is 2.22. The summed E-state index contributed by atoms with van der Waals surface area (Å²) in [5.74, 6) is 0.189. The fraction of sp³-hybridized carbons (Fsp3) is 0.176. The molecule has 8 nitrogen and oxygen atoms in total. The van der Waals surface area contributed by atoms with Crippen LogP contribution in [0.2, 0.25) is 5.02 Å². The van der Waals surface area contributed by atoms with E-state index in [0.29, 0.717) is 22.1 Å². The van der Waals surface area contributed by atoms with Crippen LogP contribution in [0.3, 0.4) is 0 Å². The number of nitrogens with zero attached hydrogens (tertiary/aromatic N) is 4. The largest absolute Gasteiger partial charge is 0.364 e. The SMILES string of the molecule is CNC(=O)Cn1cc(Nc2ncc(Cl)c(NCc3ccccc3F)n2)cn1. The molecule has 0 aliphatic heterocycles. The van der Waals surface area contributed by atoms with E-state index in [1.165, 1.54) is 16.9 Å². The van der Waals surface area contributed by atoms with Crippen molar-refractivity contribution in [1.29, 1.82) is 0 Å². The van der Waals surface area contributed by atoms with Crippen LogP contribution in [-0.2, 0) is 17.9 Å². The molecule has 10 heteroatoms. The van der Waals surface area contributed by atoms with E-state index >= 15 is 0 Å². The maximum absolute atomic E-state index is 13.7. The van der Waals surface area contributed by atoms with Crippen LogP contribution >= 0.6 is 11.6 Å². The number of carbonyl (C=O) groups is 1. The third-order valence-electron chi connectivity index (χ3n) is 3.62. The van der Waals surface area contributed by atoms with Crippen molar-refractivity contribution >= 4 is 35.0 Å². The number of halogens is 2. The summed E-state index contributed by atoms with van der Waals surface area (Å²) < 4.78 is 15.2. The van der Waals surface area contributed by atoms with Crippen LogP contribution in [0.4, 0.5) is 21.8 Å². The van der Waals surface area contributed by atoms with E-state index in [-0.39, 0.29) is 30.8 Å². The predicted octanol–water partition coefficient (Wildman–Crippen LogP) is 2.57. The van der Waals surface area contributed by atoms with Crippen LogP contribution in [0.25, 0.3) is 0 Å². The van der Waals surface area contributed by atoms with Gasteiger partial charge < -0.3 is 16.0 Å². The fourth-order valence-corrected chi connectivity index (χ4v) is 2.40. The second kappa shape index (κ2) is 8.45. The topological polar surface area (TPSA) is 96.8 Å². The summed E-state index contributed by atoms with van der Waals surface area (Å²) in [5.41, 5.74) is 1.11. The second-order valence-corrected chi connectivity index (χ2v) is 5.97. The molecular weight excluding hydrogens is 373 g/mol. The lowest BCUT2D eigenvalue weighted by Crippen LogP contribution is -2.23. The predicted molar refractivity (Wildman–Crippen MR) is 100 cm³/mol. The Morgan fingerprint density at radius 2 is 2.11 bits per heavy atom. The van der Waals surface area contributed by atoms with E-state index in [9.17, 15) is 9.18 Å². The molecule has 1 aromatic carbocycles. The molecule has 0 spiro atoms. The standard InChI is InChI=1S/C17H17ClFN7O/c1-20-15(27)10-26-9-12(7-23-26)24-17-22-8-13(18)16(25-17)21-6-11-4-2-3-5-14(11)19/h2-5,7-9H,6,10H2,1H3,(H,20,27)(H2,21,22,24,25). The van der Waals surface area contributed by atoms with Crippen molar-refractivity contribution < 1.29 is 9.18 Å². The van der Waals surface area contributed by atoms with Gasteiger partial charge in [0, 0.05) is 25.4 Å². The number of likely N-dealkylation sites (N-methyl/N-ethyl adjacent to an activating group) is 1. The molecule has 0 atom stereocenters. The Morgan fingerprint density at radius 3 is 2.89 bits per heavy atom. The average Bonchev–Trinajstić information content (AvgIpc) is 3.10. The van der Waals surface area contributed by atoms with Gasteiger partial charge in [-0.25, -0.2) is 9.37 Å². The normalized spacial score (nSPS) is 10.5. The van der Waals surface area contributed by atoms with Crippen LogP contribution in [0, 0.1) is 5.82 Å². The first-order chi connectivity index (χ1) is 13.0. The number of aromatic nitrogens is 4. The minimum atomic E-state index is -0.308. The number of anilines is 3. The van der Waals surface area contributed by atoms with Crippen molar-refractivity contribution in [3.05, 3.63) is 59.3 Å². The van der Waals surface area contributed by atoms with Gasteiger partial charge in [0.05, 0.1) is 18.1 Å². The second-order valence-electron chi connectivity index (χ2n) is 5.56. The summed E-state index contributed by atoms with van der Waals surface area (Å²) in [6, 6.07) is 6.45. The molecule has 0 radical (unpaired) electrons. The van der Waals surface area contributed by atoms with Crippen molar-refractivity contribution in [2.24, 2.45) is 0 Å². The number of benzene rings is 1. The number of amides is 1. The molecule has 2 aromatic heterocycles. The summed E-state index contributed by atoms with van der Waals surface area (Å²) in [5, 5.41) is 12.9. The molecule has 0 unspecified atom stereocenters. The minimum Gasteiger partial charge on any atom is -0.364 e. The lowest BCUT2D eigenvalue weighted by atomic mass is 10.2. The van der Waals surface area contributed by atoms with Crippen LogP contribution in [-0.4, -0.2) is 32.7 Å². The molecule has 0 bridgehead atoms. The van der Waals surface area contributed by atoms with E-state index in [2.05, 4.69) is 31.0 Å². The van der Waals surface area contributed by atoms with Crippen LogP contribution in [0.15, 0.2) is 42.9 Å². The first-order valence-electron chi connectivity index (χ1n) is 8.05. The number of carbonyl (C=O) groups excluding carboxylic acids is 1. The lowest BCUT2D eigenvalue weighted by Gasteiger charge is -2.10. The Kier molecular flexibility index (Phi) is 5.82. The zero-order valence-corrected chi connectivity index (χ0v) is 15.2. The van der Waals surface area contributed by atoms with E-state index < -0.39 is 0 Å². The molecule has 3 N–H and O–H groups in total. The molecular formula is C17H17ClFN7O. The van der Waals surface area contributed by atoms with Gasteiger partial charge >= 0.3 is 0 Å². The molecule has 140 valence electrons.